The molecule has 1 aromatic carbocycles. The van der Waals surface area contributed by atoms with Crippen LogP contribution in [0.4, 0.5) is 5.69 Å². The second kappa shape index (κ2) is 7.95. The third-order valence-electron chi connectivity index (χ3n) is 2.89. The van der Waals surface area contributed by atoms with Gasteiger partial charge in [-0.1, -0.05) is 0 Å². The van der Waals surface area contributed by atoms with Crippen LogP contribution < -0.4 is 20.5 Å². The molecule has 8 nitrogen and oxygen atoms in total. The molecule has 0 fully saturated rings. The van der Waals surface area contributed by atoms with E-state index in [9.17, 15) is 13.2 Å². The fourth-order valence-electron chi connectivity index (χ4n) is 1.80. The summed E-state index contributed by atoms with van der Waals surface area (Å²) in [5.74, 6) is 0.654. The highest BCUT2D eigenvalue weighted by molar-refractivity contribution is 7.88. The maximum absolute atomic E-state index is 12.1. The standard InChI is InChI=1S/C15H19N3O5S/c1-24(20,21)17-10-13-6-7-14(23-13)15(19)18-11-2-4-12(5-3-11)22-9-8-16/h2-7,17H,8-10,16H2,1H3,(H,18,19). The van der Waals surface area contributed by atoms with Gasteiger partial charge in [-0.15, -0.1) is 0 Å². The van der Waals surface area contributed by atoms with E-state index in [-0.39, 0.29) is 12.3 Å². The molecule has 0 aliphatic carbocycles. The minimum Gasteiger partial charge on any atom is -0.492 e. The molecule has 0 unspecified atom stereocenters. The van der Waals surface area contributed by atoms with Crippen LogP contribution >= 0.6 is 0 Å². The molecule has 0 aliphatic rings. The average Bonchev–Trinajstić information content (AvgIpc) is 3.01. The summed E-state index contributed by atoms with van der Waals surface area (Å²) in [7, 11) is -3.32. The van der Waals surface area contributed by atoms with Crippen LogP contribution in [0.3, 0.4) is 0 Å². The van der Waals surface area contributed by atoms with Gasteiger partial charge in [0, 0.05) is 12.2 Å². The van der Waals surface area contributed by atoms with Crippen molar-refractivity contribution in [3.63, 3.8) is 0 Å². The summed E-state index contributed by atoms with van der Waals surface area (Å²) in [6, 6.07) is 9.84. The Morgan fingerprint density at radius 2 is 1.92 bits per heavy atom. The Labute approximate surface area is 140 Å². The molecule has 9 heteroatoms. The lowest BCUT2D eigenvalue weighted by Gasteiger charge is -2.06. The second-order valence-electron chi connectivity index (χ2n) is 4.97. The number of furan rings is 1. The van der Waals surface area contributed by atoms with Gasteiger partial charge in [0.1, 0.15) is 18.1 Å². The number of ether oxygens (including phenoxy) is 1. The van der Waals surface area contributed by atoms with Gasteiger partial charge < -0.3 is 20.2 Å². The SMILES string of the molecule is CS(=O)(=O)NCc1ccc(C(=O)Nc2ccc(OCCN)cc2)o1. The number of sulfonamides is 1. The highest BCUT2D eigenvalue weighted by Gasteiger charge is 2.12. The Kier molecular flexibility index (Phi) is 5.96. The summed E-state index contributed by atoms with van der Waals surface area (Å²) in [5.41, 5.74) is 5.93. The van der Waals surface area contributed by atoms with Gasteiger partial charge in [-0.25, -0.2) is 13.1 Å². The molecular weight excluding hydrogens is 334 g/mol. The zero-order chi connectivity index (χ0) is 17.6. The Morgan fingerprint density at radius 3 is 2.54 bits per heavy atom. The molecule has 24 heavy (non-hydrogen) atoms. The summed E-state index contributed by atoms with van der Waals surface area (Å²) in [4.78, 5) is 12.1. The van der Waals surface area contributed by atoms with Crippen LogP contribution in [0.15, 0.2) is 40.8 Å². The zero-order valence-corrected chi connectivity index (χ0v) is 13.9. The molecule has 0 spiro atoms. The fraction of sp³-hybridized carbons (Fsp3) is 0.267. The third-order valence-corrected chi connectivity index (χ3v) is 3.56. The largest absolute Gasteiger partial charge is 0.492 e. The molecule has 0 atom stereocenters. The second-order valence-corrected chi connectivity index (χ2v) is 6.81. The van der Waals surface area contributed by atoms with Crippen molar-refractivity contribution in [2.45, 2.75) is 6.54 Å². The van der Waals surface area contributed by atoms with E-state index in [1.165, 1.54) is 12.1 Å². The Hall–Kier alpha value is -2.36. The van der Waals surface area contributed by atoms with Crippen molar-refractivity contribution < 1.29 is 22.4 Å². The van der Waals surface area contributed by atoms with Gasteiger partial charge in [0.25, 0.3) is 5.91 Å². The molecule has 130 valence electrons. The lowest BCUT2D eigenvalue weighted by atomic mass is 10.3. The Morgan fingerprint density at radius 1 is 1.21 bits per heavy atom. The molecule has 0 saturated carbocycles. The third kappa shape index (κ3) is 5.69. The number of carbonyl (C=O) groups excluding carboxylic acids is 1. The van der Waals surface area contributed by atoms with E-state index in [0.717, 1.165) is 6.26 Å². The molecule has 1 heterocycles. The number of anilines is 1. The Balaban J connectivity index is 1.93. The van der Waals surface area contributed by atoms with Gasteiger partial charge in [0.05, 0.1) is 12.8 Å². The monoisotopic (exact) mass is 353 g/mol. The van der Waals surface area contributed by atoms with Crippen LogP contribution in [0.5, 0.6) is 5.75 Å². The summed E-state index contributed by atoms with van der Waals surface area (Å²) < 4.78 is 35.0. The van der Waals surface area contributed by atoms with Gasteiger partial charge >= 0.3 is 0 Å². The molecule has 0 saturated heterocycles. The number of rotatable bonds is 8. The number of nitrogens with one attached hydrogen (secondary N) is 2. The van der Waals surface area contributed by atoms with Gasteiger partial charge in [-0.05, 0) is 36.4 Å². The van der Waals surface area contributed by atoms with Gasteiger partial charge in [-0.2, -0.15) is 0 Å². The Bertz CT molecular complexity index is 784. The highest BCUT2D eigenvalue weighted by atomic mass is 32.2. The molecule has 4 N–H and O–H groups in total. The maximum Gasteiger partial charge on any atom is 0.291 e. The lowest BCUT2D eigenvalue weighted by molar-refractivity contribution is 0.0995. The van der Waals surface area contributed by atoms with E-state index in [1.807, 2.05) is 0 Å². The van der Waals surface area contributed by atoms with Gasteiger partial charge in [-0.3, -0.25) is 4.79 Å². The number of carbonyl (C=O) groups is 1. The molecule has 0 radical (unpaired) electrons. The first-order chi connectivity index (χ1) is 11.4. The van der Waals surface area contributed by atoms with E-state index in [4.69, 9.17) is 14.9 Å². The summed E-state index contributed by atoms with van der Waals surface area (Å²) in [6.45, 7) is 0.829. The molecular formula is C15H19N3O5S. The lowest BCUT2D eigenvalue weighted by Crippen LogP contribution is -2.20. The van der Waals surface area contributed by atoms with Crippen molar-refractivity contribution in [1.82, 2.24) is 4.72 Å². The topological polar surface area (TPSA) is 124 Å². The predicted octanol–water partition coefficient (Wildman–Crippen LogP) is 0.919. The van der Waals surface area contributed by atoms with E-state index in [0.29, 0.717) is 30.3 Å². The van der Waals surface area contributed by atoms with Gasteiger partial charge in [0.2, 0.25) is 10.0 Å². The summed E-state index contributed by atoms with van der Waals surface area (Å²) in [6.07, 6.45) is 1.05. The smallest absolute Gasteiger partial charge is 0.291 e. The van der Waals surface area contributed by atoms with E-state index >= 15 is 0 Å². The highest BCUT2D eigenvalue weighted by Crippen LogP contribution is 2.17. The molecule has 2 aromatic rings. The first kappa shape index (κ1) is 18.0. The van der Waals surface area contributed by atoms with Crippen molar-refractivity contribution in [3.05, 3.63) is 47.9 Å². The van der Waals surface area contributed by atoms with Crippen LogP contribution in [0, 0.1) is 0 Å². The molecule has 0 bridgehead atoms. The van der Waals surface area contributed by atoms with Crippen LogP contribution in [-0.4, -0.2) is 33.7 Å². The van der Waals surface area contributed by atoms with Crippen LogP contribution in [0.25, 0.3) is 0 Å². The number of hydrogen-bond acceptors (Lipinski definition) is 6. The molecule has 0 aliphatic heterocycles. The molecule has 1 aromatic heterocycles. The van der Waals surface area contributed by atoms with Crippen molar-refractivity contribution in [3.8, 4) is 5.75 Å². The maximum atomic E-state index is 12.1. The first-order valence-corrected chi connectivity index (χ1v) is 9.04. The number of amides is 1. The van der Waals surface area contributed by atoms with Gasteiger partial charge in [0.15, 0.2) is 5.76 Å². The summed E-state index contributed by atoms with van der Waals surface area (Å²) >= 11 is 0. The van der Waals surface area contributed by atoms with Crippen molar-refractivity contribution in [2.75, 3.05) is 24.7 Å². The summed E-state index contributed by atoms with van der Waals surface area (Å²) in [5, 5.41) is 2.68. The minimum atomic E-state index is -3.32. The number of nitrogens with two attached hydrogens (primary N) is 1. The van der Waals surface area contributed by atoms with Crippen LogP contribution in [0.1, 0.15) is 16.3 Å². The normalized spacial score (nSPS) is 11.2. The first-order valence-electron chi connectivity index (χ1n) is 7.15. The minimum absolute atomic E-state index is 0.0146. The number of hydrogen-bond donors (Lipinski definition) is 3. The van der Waals surface area contributed by atoms with Crippen molar-refractivity contribution >= 4 is 21.6 Å². The van der Waals surface area contributed by atoms with Crippen molar-refractivity contribution in [1.29, 1.82) is 0 Å². The predicted molar refractivity (Wildman–Crippen MR) is 89.3 cm³/mol. The molecule has 1 amide bonds. The molecule has 2 rings (SSSR count). The van der Waals surface area contributed by atoms with Crippen LogP contribution in [0.2, 0.25) is 0 Å². The van der Waals surface area contributed by atoms with E-state index in [2.05, 4.69) is 10.0 Å². The zero-order valence-electron chi connectivity index (χ0n) is 13.1. The average molecular weight is 353 g/mol. The van der Waals surface area contributed by atoms with Crippen LogP contribution in [-0.2, 0) is 16.6 Å². The van der Waals surface area contributed by atoms with E-state index in [1.54, 1.807) is 24.3 Å². The number of benzene rings is 1. The van der Waals surface area contributed by atoms with E-state index < -0.39 is 15.9 Å². The fourth-order valence-corrected chi connectivity index (χ4v) is 2.21. The quantitative estimate of drug-likeness (QED) is 0.648. The van der Waals surface area contributed by atoms with Crippen molar-refractivity contribution in [2.24, 2.45) is 5.73 Å².